The Morgan fingerprint density at radius 3 is 2.67 bits per heavy atom. The van der Waals surface area contributed by atoms with Gasteiger partial charge in [-0.15, -0.1) is 0 Å². The van der Waals surface area contributed by atoms with Gasteiger partial charge in [-0.1, -0.05) is 47.1 Å². The number of carbonyl (C=O) groups is 1. The number of likely N-dealkylation sites (tertiary alicyclic amines) is 1. The van der Waals surface area contributed by atoms with Crippen LogP contribution in [-0.2, 0) is 11.0 Å². The van der Waals surface area contributed by atoms with Crippen LogP contribution in [0.4, 0.5) is 13.2 Å². The predicted octanol–water partition coefficient (Wildman–Crippen LogP) is 5.48. The number of hydrogen-bond acceptors (Lipinski definition) is 7. The average Bonchev–Trinajstić information content (AvgIpc) is 3.56. The number of carboxylic acids is 1. The molecule has 0 aliphatic carbocycles. The molecule has 3 heterocycles. The Kier molecular flexibility index (Phi) is 7.92. The lowest BCUT2D eigenvalue weighted by atomic mass is 9.94. The first-order valence-corrected chi connectivity index (χ1v) is 12.9. The van der Waals surface area contributed by atoms with Crippen molar-refractivity contribution < 1.29 is 32.7 Å². The Morgan fingerprint density at radius 1 is 1.20 bits per heavy atom. The van der Waals surface area contributed by atoms with Crippen molar-refractivity contribution in [2.75, 3.05) is 19.6 Å². The van der Waals surface area contributed by atoms with Gasteiger partial charge in [-0.2, -0.15) is 23.3 Å². The van der Waals surface area contributed by atoms with Gasteiger partial charge in [0.15, 0.2) is 5.69 Å². The molecule has 210 valence electrons. The normalized spacial score (nSPS) is 17.2. The fourth-order valence-electron chi connectivity index (χ4n) is 4.97. The van der Waals surface area contributed by atoms with Gasteiger partial charge in [0.1, 0.15) is 0 Å². The van der Waals surface area contributed by atoms with Gasteiger partial charge >= 0.3 is 12.1 Å². The summed E-state index contributed by atoms with van der Waals surface area (Å²) in [7, 11) is 0. The number of benzene rings is 2. The number of carboxylic acid groups (broad SMARTS) is 1. The van der Waals surface area contributed by atoms with Crippen LogP contribution in [0, 0.1) is 5.92 Å². The molecule has 1 fully saturated rings. The SMILES string of the molecule is O=C(O)CC1CCCN(CC(O)c2ccc(-c3noc(-c4cnn(-c5cccc(Cl)c5)c4C(F)(F)F)n3)cc2)C1. The molecule has 0 spiro atoms. The lowest BCUT2D eigenvalue weighted by Crippen LogP contribution is -2.38. The summed E-state index contributed by atoms with van der Waals surface area (Å²) in [6, 6.07) is 12.6. The molecule has 0 bridgehead atoms. The summed E-state index contributed by atoms with van der Waals surface area (Å²) in [5.74, 6) is -1.03. The number of alkyl halides is 3. The summed E-state index contributed by atoms with van der Waals surface area (Å²) in [6.45, 7) is 1.75. The molecule has 4 aromatic rings. The van der Waals surface area contributed by atoms with Gasteiger partial charge in [-0.3, -0.25) is 4.79 Å². The number of piperidine rings is 1. The molecule has 1 saturated heterocycles. The lowest BCUT2D eigenvalue weighted by molar-refractivity contribution is -0.142. The summed E-state index contributed by atoms with van der Waals surface area (Å²) < 4.78 is 48.1. The highest BCUT2D eigenvalue weighted by Gasteiger charge is 2.40. The van der Waals surface area contributed by atoms with Gasteiger partial charge in [0.25, 0.3) is 5.89 Å². The average molecular weight is 576 g/mol. The van der Waals surface area contributed by atoms with Crippen molar-refractivity contribution in [3.63, 3.8) is 0 Å². The molecule has 13 heteroatoms. The van der Waals surface area contributed by atoms with Crippen molar-refractivity contribution in [3.05, 3.63) is 71.0 Å². The van der Waals surface area contributed by atoms with Gasteiger partial charge in [-0.05, 0) is 49.1 Å². The van der Waals surface area contributed by atoms with E-state index in [0.29, 0.717) is 24.2 Å². The quantitative estimate of drug-likeness (QED) is 0.284. The smallest absolute Gasteiger partial charge is 0.434 e. The van der Waals surface area contributed by atoms with E-state index < -0.39 is 23.9 Å². The molecular formula is C27H25ClF3N5O4. The molecule has 2 atom stereocenters. The Morgan fingerprint density at radius 2 is 1.98 bits per heavy atom. The topological polar surface area (TPSA) is 118 Å². The van der Waals surface area contributed by atoms with Crippen molar-refractivity contribution in [2.24, 2.45) is 5.92 Å². The molecular weight excluding hydrogens is 551 g/mol. The van der Waals surface area contributed by atoms with E-state index in [1.807, 2.05) is 0 Å². The number of halogens is 4. The molecule has 2 unspecified atom stereocenters. The fraction of sp³-hybridized carbons (Fsp3) is 0.333. The summed E-state index contributed by atoms with van der Waals surface area (Å²) in [5.41, 5.74) is -0.203. The van der Waals surface area contributed by atoms with Crippen LogP contribution in [0.25, 0.3) is 28.5 Å². The zero-order valence-corrected chi connectivity index (χ0v) is 21.8. The molecule has 9 nitrogen and oxygen atoms in total. The summed E-state index contributed by atoms with van der Waals surface area (Å²) >= 11 is 5.96. The first-order valence-electron chi connectivity index (χ1n) is 12.6. The van der Waals surface area contributed by atoms with Crippen molar-refractivity contribution in [1.82, 2.24) is 24.8 Å². The molecule has 1 aliphatic heterocycles. The number of rotatable bonds is 8. The molecule has 2 aromatic heterocycles. The van der Waals surface area contributed by atoms with Crippen LogP contribution in [0.1, 0.15) is 36.6 Å². The zero-order chi connectivity index (χ0) is 28.4. The number of aromatic nitrogens is 4. The monoisotopic (exact) mass is 575 g/mol. The number of aliphatic carboxylic acids is 1. The molecule has 40 heavy (non-hydrogen) atoms. The van der Waals surface area contributed by atoms with Crippen molar-refractivity contribution >= 4 is 17.6 Å². The Balaban J connectivity index is 1.32. The van der Waals surface area contributed by atoms with E-state index >= 15 is 0 Å². The van der Waals surface area contributed by atoms with Crippen LogP contribution in [0.5, 0.6) is 0 Å². The number of nitrogens with zero attached hydrogens (tertiary/aromatic N) is 5. The summed E-state index contributed by atoms with van der Waals surface area (Å²) in [4.78, 5) is 17.3. The van der Waals surface area contributed by atoms with E-state index in [-0.39, 0.29) is 40.3 Å². The Hall–Kier alpha value is -3.74. The number of aliphatic hydroxyl groups is 1. The van der Waals surface area contributed by atoms with E-state index in [2.05, 4.69) is 20.1 Å². The molecule has 0 saturated carbocycles. The third-order valence-corrected chi connectivity index (χ3v) is 7.03. The third-order valence-electron chi connectivity index (χ3n) is 6.80. The maximum absolute atomic E-state index is 14.1. The summed E-state index contributed by atoms with van der Waals surface area (Å²) in [6.07, 6.45) is -2.72. The Bertz CT molecular complexity index is 1490. The molecule has 5 rings (SSSR count). The summed E-state index contributed by atoms with van der Waals surface area (Å²) in [5, 5.41) is 27.8. The van der Waals surface area contributed by atoms with Crippen molar-refractivity contribution in [3.8, 4) is 28.5 Å². The minimum Gasteiger partial charge on any atom is -0.481 e. The second-order valence-electron chi connectivity index (χ2n) is 9.72. The standard InChI is InChI=1S/C27H25ClF3N5O4/c28-19-4-1-5-20(12-19)36-24(27(29,30)31)21(13-32-36)26-33-25(34-40-26)18-8-6-17(7-9-18)22(37)15-35-10-2-3-16(14-35)11-23(38)39/h1,4-9,12-13,16,22,37H,2-3,10-11,14-15H2,(H,38,39). The van der Waals surface area contributed by atoms with E-state index in [1.165, 1.54) is 18.2 Å². The number of hydrogen-bond donors (Lipinski definition) is 2. The van der Waals surface area contributed by atoms with Crippen molar-refractivity contribution in [1.29, 1.82) is 0 Å². The zero-order valence-electron chi connectivity index (χ0n) is 21.1. The fourth-order valence-corrected chi connectivity index (χ4v) is 5.15. The van der Waals surface area contributed by atoms with Crippen LogP contribution in [-0.4, -0.2) is 60.6 Å². The molecule has 2 N–H and O–H groups in total. The van der Waals surface area contributed by atoms with Gasteiger partial charge < -0.3 is 19.6 Å². The van der Waals surface area contributed by atoms with E-state index in [9.17, 15) is 23.1 Å². The van der Waals surface area contributed by atoms with Gasteiger partial charge in [0.2, 0.25) is 5.82 Å². The van der Waals surface area contributed by atoms with Crippen LogP contribution >= 0.6 is 11.6 Å². The van der Waals surface area contributed by atoms with Crippen molar-refractivity contribution in [2.45, 2.75) is 31.5 Å². The maximum atomic E-state index is 14.1. The van der Waals surface area contributed by atoms with Crippen LogP contribution < -0.4 is 0 Å². The first kappa shape index (κ1) is 27.8. The predicted molar refractivity (Wildman–Crippen MR) is 139 cm³/mol. The largest absolute Gasteiger partial charge is 0.481 e. The minimum atomic E-state index is -4.78. The van der Waals surface area contributed by atoms with Gasteiger partial charge in [0.05, 0.1) is 23.6 Å². The molecule has 0 radical (unpaired) electrons. The second kappa shape index (κ2) is 11.4. The highest BCUT2D eigenvalue weighted by molar-refractivity contribution is 6.30. The van der Waals surface area contributed by atoms with Crippen LogP contribution in [0.2, 0.25) is 5.02 Å². The lowest BCUT2D eigenvalue weighted by Gasteiger charge is -2.33. The van der Waals surface area contributed by atoms with E-state index in [0.717, 1.165) is 30.3 Å². The minimum absolute atomic E-state index is 0.0590. The molecule has 2 aromatic carbocycles. The van der Waals surface area contributed by atoms with Gasteiger partial charge in [-0.25, -0.2) is 4.68 Å². The molecule has 0 amide bonds. The van der Waals surface area contributed by atoms with Crippen LogP contribution in [0.15, 0.2) is 59.3 Å². The van der Waals surface area contributed by atoms with Crippen LogP contribution in [0.3, 0.4) is 0 Å². The maximum Gasteiger partial charge on any atom is 0.434 e. The van der Waals surface area contributed by atoms with E-state index in [4.69, 9.17) is 21.2 Å². The van der Waals surface area contributed by atoms with E-state index in [1.54, 1.807) is 30.3 Å². The Labute approximate surface area is 231 Å². The number of β-amino-alcohol motifs (C(OH)–C–C–N with tert-alkyl or cyclic N) is 1. The molecule has 1 aliphatic rings. The highest BCUT2D eigenvalue weighted by atomic mass is 35.5. The third kappa shape index (κ3) is 6.19. The first-order chi connectivity index (χ1) is 19.1. The number of aliphatic hydroxyl groups excluding tert-OH is 1. The van der Waals surface area contributed by atoms with Gasteiger partial charge in [0, 0.05) is 30.1 Å². The second-order valence-corrected chi connectivity index (χ2v) is 10.2. The highest BCUT2D eigenvalue weighted by Crippen LogP contribution is 2.38.